The van der Waals surface area contributed by atoms with E-state index in [1.165, 1.54) is 29.2 Å². The van der Waals surface area contributed by atoms with Crippen LogP contribution in [0.2, 0.25) is 0 Å². The van der Waals surface area contributed by atoms with Crippen molar-refractivity contribution < 1.29 is 18.3 Å². The van der Waals surface area contributed by atoms with Crippen molar-refractivity contribution >= 4 is 28.1 Å². The second-order valence-electron chi connectivity index (χ2n) is 5.60. The molecular formula is C17H11F3N4O. The first-order chi connectivity index (χ1) is 11.9. The molecule has 1 aliphatic rings. The number of fused-ring (bicyclic) bond motifs is 1. The van der Waals surface area contributed by atoms with E-state index in [4.69, 9.17) is 5.41 Å². The van der Waals surface area contributed by atoms with E-state index < -0.39 is 17.5 Å². The number of amidine groups is 1. The van der Waals surface area contributed by atoms with Gasteiger partial charge in [-0.3, -0.25) is 5.41 Å². The van der Waals surface area contributed by atoms with Crippen LogP contribution in [0.3, 0.4) is 0 Å². The van der Waals surface area contributed by atoms with Gasteiger partial charge in [0.2, 0.25) is 0 Å². The van der Waals surface area contributed by atoms with Gasteiger partial charge in [0, 0.05) is 11.8 Å². The number of hydrogen-bond donors (Lipinski definition) is 3. The molecule has 3 aromatic rings. The van der Waals surface area contributed by atoms with Gasteiger partial charge in [-0.2, -0.15) is 0 Å². The molecule has 3 N–H and O–H groups in total. The van der Waals surface area contributed by atoms with Crippen LogP contribution in [0, 0.1) is 22.9 Å². The zero-order valence-corrected chi connectivity index (χ0v) is 12.6. The van der Waals surface area contributed by atoms with Gasteiger partial charge in [0.25, 0.3) is 0 Å². The number of benzene rings is 2. The number of H-pyrrole nitrogens is 1. The highest BCUT2D eigenvalue weighted by molar-refractivity contribution is 6.30. The predicted octanol–water partition coefficient (Wildman–Crippen LogP) is 3.75. The highest BCUT2D eigenvalue weighted by atomic mass is 19.2. The third-order valence-corrected chi connectivity index (χ3v) is 4.00. The standard InChI is InChI=1S/C17H11F3N4O/c18-8-1-4-12-13(5-8)23-17(22-12)15-14(25)7-24(16(15)21)9-2-3-10(19)11(20)6-9/h1-6,21,25H,7H2,(H,22,23). The van der Waals surface area contributed by atoms with Gasteiger partial charge < -0.3 is 15.0 Å². The number of nitrogens with one attached hydrogen (secondary N) is 2. The number of imidazole rings is 1. The average Bonchev–Trinajstić information content (AvgIpc) is 3.10. The molecule has 1 aromatic heterocycles. The van der Waals surface area contributed by atoms with Crippen LogP contribution >= 0.6 is 0 Å². The van der Waals surface area contributed by atoms with Gasteiger partial charge in [-0.15, -0.1) is 0 Å². The Hall–Kier alpha value is -3.29. The molecular weight excluding hydrogens is 333 g/mol. The van der Waals surface area contributed by atoms with E-state index in [1.807, 2.05) is 0 Å². The maximum absolute atomic E-state index is 13.5. The quantitative estimate of drug-likeness (QED) is 0.663. The van der Waals surface area contributed by atoms with Crippen molar-refractivity contribution in [3.63, 3.8) is 0 Å². The molecule has 8 heteroatoms. The summed E-state index contributed by atoms with van der Waals surface area (Å²) >= 11 is 0. The van der Waals surface area contributed by atoms with E-state index in [-0.39, 0.29) is 35.2 Å². The van der Waals surface area contributed by atoms with E-state index in [1.54, 1.807) is 0 Å². The summed E-state index contributed by atoms with van der Waals surface area (Å²) in [6.45, 7) is -0.0787. The molecule has 0 radical (unpaired) electrons. The van der Waals surface area contributed by atoms with Crippen molar-refractivity contribution in [1.29, 1.82) is 5.41 Å². The first-order valence-electron chi connectivity index (χ1n) is 7.33. The fourth-order valence-electron chi connectivity index (χ4n) is 2.80. The van der Waals surface area contributed by atoms with Crippen LogP contribution in [-0.2, 0) is 0 Å². The van der Waals surface area contributed by atoms with Crippen molar-refractivity contribution in [1.82, 2.24) is 9.97 Å². The molecule has 0 bridgehead atoms. The Bertz CT molecular complexity index is 1060. The lowest BCUT2D eigenvalue weighted by molar-refractivity contribution is 0.411. The lowest BCUT2D eigenvalue weighted by Gasteiger charge is -2.18. The maximum Gasteiger partial charge on any atom is 0.160 e. The molecule has 0 aliphatic carbocycles. The molecule has 2 heterocycles. The number of nitrogens with zero attached hydrogens (tertiary/aromatic N) is 2. The minimum Gasteiger partial charge on any atom is -0.509 e. The van der Waals surface area contributed by atoms with Crippen LogP contribution in [0.4, 0.5) is 18.9 Å². The van der Waals surface area contributed by atoms with Crippen molar-refractivity contribution in [2.24, 2.45) is 0 Å². The van der Waals surface area contributed by atoms with Crippen molar-refractivity contribution in [3.8, 4) is 0 Å². The van der Waals surface area contributed by atoms with E-state index >= 15 is 0 Å². The summed E-state index contributed by atoms with van der Waals surface area (Å²) in [5.74, 6) is -2.54. The Balaban J connectivity index is 1.73. The molecule has 0 amide bonds. The van der Waals surface area contributed by atoms with Gasteiger partial charge in [0.1, 0.15) is 23.2 Å². The fraction of sp³-hybridized carbons (Fsp3) is 0.0588. The highest BCUT2D eigenvalue weighted by Gasteiger charge is 2.31. The zero-order chi connectivity index (χ0) is 17.7. The Morgan fingerprint density at radius 3 is 2.64 bits per heavy atom. The lowest BCUT2D eigenvalue weighted by atomic mass is 10.2. The molecule has 0 saturated heterocycles. The van der Waals surface area contributed by atoms with E-state index in [0.717, 1.165) is 12.1 Å². The zero-order valence-electron chi connectivity index (χ0n) is 12.6. The Morgan fingerprint density at radius 2 is 1.88 bits per heavy atom. The van der Waals surface area contributed by atoms with Gasteiger partial charge in [0.05, 0.1) is 23.2 Å². The summed E-state index contributed by atoms with van der Waals surface area (Å²) in [7, 11) is 0. The number of hydrogen-bond acceptors (Lipinski definition) is 3. The smallest absolute Gasteiger partial charge is 0.160 e. The molecule has 5 nitrogen and oxygen atoms in total. The van der Waals surface area contributed by atoms with Gasteiger partial charge >= 0.3 is 0 Å². The second kappa shape index (κ2) is 5.37. The molecule has 4 rings (SSSR count). The minimum atomic E-state index is -1.04. The first-order valence-corrected chi connectivity index (χ1v) is 7.33. The van der Waals surface area contributed by atoms with Crippen LogP contribution in [0.15, 0.2) is 42.2 Å². The number of aliphatic hydroxyl groups is 1. The van der Waals surface area contributed by atoms with Crippen LogP contribution < -0.4 is 4.90 Å². The third-order valence-electron chi connectivity index (χ3n) is 4.00. The molecule has 0 saturated carbocycles. The van der Waals surface area contributed by atoms with Gasteiger partial charge in [-0.1, -0.05) is 0 Å². The summed E-state index contributed by atoms with van der Waals surface area (Å²) in [5.41, 5.74) is 1.26. The SMILES string of the molecule is N=C1C(c2nc3ccc(F)cc3[nH]2)=C(O)CN1c1ccc(F)c(F)c1. The monoisotopic (exact) mass is 344 g/mol. The molecule has 0 atom stereocenters. The summed E-state index contributed by atoms with van der Waals surface area (Å²) in [6, 6.07) is 7.22. The van der Waals surface area contributed by atoms with Gasteiger partial charge in [-0.25, -0.2) is 18.2 Å². The van der Waals surface area contributed by atoms with Crippen LogP contribution in [0.1, 0.15) is 5.82 Å². The average molecular weight is 344 g/mol. The number of aromatic amines is 1. The Morgan fingerprint density at radius 1 is 1.08 bits per heavy atom. The maximum atomic E-state index is 13.5. The number of aliphatic hydroxyl groups excluding tert-OH is 1. The summed E-state index contributed by atoms with van der Waals surface area (Å²) < 4.78 is 39.9. The van der Waals surface area contributed by atoms with E-state index in [2.05, 4.69) is 9.97 Å². The second-order valence-corrected chi connectivity index (χ2v) is 5.60. The fourth-order valence-corrected chi connectivity index (χ4v) is 2.80. The van der Waals surface area contributed by atoms with E-state index in [0.29, 0.717) is 11.0 Å². The Kier molecular flexibility index (Phi) is 3.28. The molecule has 0 unspecified atom stereocenters. The van der Waals surface area contributed by atoms with Crippen LogP contribution in [-0.4, -0.2) is 27.5 Å². The van der Waals surface area contributed by atoms with Gasteiger partial charge in [0.15, 0.2) is 11.6 Å². The normalized spacial score (nSPS) is 14.8. The summed E-state index contributed by atoms with van der Waals surface area (Å²) in [4.78, 5) is 8.44. The van der Waals surface area contributed by atoms with Crippen molar-refractivity contribution in [2.45, 2.75) is 0 Å². The van der Waals surface area contributed by atoms with Crippen molar-refractivity contribution in [3.05, 3.63) is 65.4 Å². The topological polar surface area (TPSA) is 76.0 Å². The number of aromatic nitrogens is 2. The van der Waals surface area contributed by atoms with Crippen molar-refractivity contribution in [2.75, 3.05) is 11.4 Å². The molecule has 25 heavy (non-hydrogen) atoms. The summed E-state index contributed by atoms with van der Waals surface area (Å²) in [5, 5.41) is 18.5. The predicted molar refractivity (Wildman–Crippen MR) is 87.0 cm³/mol. The third kappa shape index (κ3) is 2.42. The Labute approximate surface area is 139 Å². The first kappa shape index (κ1) is 15.3. The van der Waals surface area contributed by atoms with E-state index in [9.17, 15) is 18.3 Å². The molecule has 2 aromatic carbocycles. The summed E-state index contributed by atoms with van der Waals surface area (Å²) in [6.07, 6.45) is 0. The number of rotatable bonds is 2. The number of anilines is 1. The lowest BCUT2D eigenvalue weighted by Crippen LogP contribution is -2.26. The van der Waals surface area contributed by atoms with Crippen LogP contribution in [0.25, 0.3) is 16.6 Å². The largest absolute Gasteiger partial charge is 0.509 e. The molecule has 0 fully saturated rings. The highest BCUT2D eigenvalue weighted by Crippen LogP contribution is 2.31. The molecule has 126 valence electrons. The number of halogens is 3. The molecule has 0 spiro atoms. The van der Waals surface area contributed by atoms with Gasteiger partial charge in [-0.05, 0) is 30.3 Å². The minimum absolute atomic E-state index is 0.0787. The molecule has 1 aliphatic heterocycles. The van der Waals surface area contributed by atoms with Crippen LogP contribution in [0.5, 0.6) is 0 Å².